The molecule has 0 heterocycles. The molecule has 0 spiro atoms. The summed E-state index contributed by atoms with van der Waals surface area (Å²) in [7, 11) is 5.77. The van der Waals surface area contributed by atoms with Crippen LogP contribution in [-0.4, -0.2) is 56.5 Å². The first-order valence-electron chi connectivity index (χ1n) is 9.03. The Balaban J connectivity index is 2.28. The Morgan fingerprint density at radius 1 is 0.900 bits per heavy atom. The van der Waals surface area contributed by atoms with Gasteiger partial charge in [0.25, 0.3) is 0 Å². The van der Waals surface area contributed by atoms with Crippen LogP contribution in [0.1, 0.15) is 27.9 Å². The Morgan fingerprint density at radius 2 is 1.50 bits per heavy atom. The molecule has 8 heteroatoms. The van der Waals surface area contributed by atoms with Crippen LogP contribution < -0.4 is 18.9 Å². The lowest BCUT2D eigenvalue weighted by Gasteiger charge is -2.16. The summed E-state index contributed by atoms with van der Waals surface area (Å²) in [6.45, 7) is 0. The molecule has 2 aromatic carbocycles. The number of benzene rings is 2. The Labute approximate surface area is 173 Å². The molecule has 1 aliphatic rings. The molecule has 0 saturated heterocycles. The van der Waals surface area contributed by atoms with Gasteiger partial charge in [-0.05, 0) is 41.0 Å². The third-order valence-corrected chi connectivity index (χ3v) is 4.95. The van der Waals surface area contributed by atoms with Gasteiger partial charge < -0.3 is 29.2 Å². The SMILES string of the molecule is COc1ccc(C2=C(c3cc(OC)c(OC)c(OC)c3)C(=O)CC2O)cc1C(=O)O. The topological polar surface area (TPSA) is 112 Å². The van der Waals surface area contributed by atoms with Gasteiger partial charge in [0.05, 0.1) is 34.5 Å². The average molecular weight is 414 g/mol. The summed E-state index contributed by atoms with van der Waals surface area (Å²) in [4.78, 5) is 24.4. The largest absolute Gasteiger partial charge is 0.496 e. The highest BCUT2D eigenvalue weighted by atomic mass is 16.5. The first-order valence-corrected chi connectivity index (χ1v) is 9.03. The number of aliphatic hydroxyl groups excluding tert-OH is 1. The lowest BCUT2D eigenvalue weighted by Crippen LogP contribution is -2.07. The van der Waals surface area contributed by atoms with Crippen molar-refractivity contribution in [3.8, 4) is 23.0 Å². The smallest absolute Gasteiger partial charge is 0.339 e. The maximum atomic E-state index is 12.8. The molecule has 30 heavy (non-hydrogen) atoms. The van der Waals surface area contributed by atoms with Crippen LogP contribution >= 0.6 is 0 Å². The molecule has 0 aromatic heterocycles. The molecule has 0 amide bonds. The number of carboxylic acids is 1. The van der Waals surface area contributed by atoms with E-state index in [0.29, 0.717) is 33.9 Å². The van der Waals surface area contributed by atoms with Crippen molar-refractivity contribution in [2.45, 2.75) is 12.5 Å². The van der Waals surface area contributed by atoms with E-state index in [-0.39, 0.29) is 29.1 Å². The van der Waals surface area contributed by atoms with Crippen LogP contribution in [0.5, 0.6) is 23.0 Å². The quantitative estimate of drug-likeness (QED) is 0.711. The minimum atomic E-state index is -1.18. The number of hydrogen-bond acceptors (Lipinski definition) is 7. The summed E-state index contributed by atoms with van der Waals surface area (Å²) < 4.78 is 21.2. The molecule has 0 aliphatic heterocycles. The molecule has 3 rings (SSSR count). The highest BCUT2D eigenvalue weighted by Gasteiger charge is 2.34. The van der Waals surface area contributed by atoms with Gasteiger partial charge in [-0.25, -0.2) is 4.79 Å². The van der Waals surface area contributed by atoms with Crippen molar-refractivity contribution in [3.63, 3.8) is 0 Å². The summed E-state index contributed by atoms with van der Waals surface area (Å²) in [5, 5.41) is 20.1. The van der Waals surface area contributed by atoms with Gasteiger partial charge in [0, 0.05) is 12.0 Å². The first-order chi connectivity index (χ1) is 14.4. The number of rotatable bonds is 7. The second-order valence-corrected chi connectivity index (χ2v) is 6.57. The van der Waals surface area contributed by atoms with Gasteiger partial charge in [0.2, 0.25) is 5.75 Å². The fraction of sp³-hybridized carbons (Fsp3) is 0.273. The lowest BCUT2D eigenvalue weighted by molar-refractivity contribution is -0.114. The Morgan fingerprint density at radius 3 is 2.00 bits per heavy atom. The monoisotopic (exact) mass is 414 g/mol. The molecule has 0 bridgehead atoms. The number of Topliss-reactive ketones (excluding diaryl/α,β-unsaturated/α-hetero) is 1. The summed E-state index contributed by atoms with van der Waals surface area (Å²) in [5.41, 5.74) is 1.41. The van der Waals surface area contributed by atoms with Crippen LogP contribution in [0, 0.1) is 0 Å². The summed E-state index contributed by atoms with van der Waals surface area (Å²) >= 11 is 0. The zero-order chi connectivity index (χ0) is 22.0. The minimum absolute atomic E-state index is 0.0710. The molecule has 1 unspecified atom stereocenters. The first kappa shape index (κ1) is 21.2. The predicted molar refractivity (Wildman–Crippen MR) is 108 cm³/mol. The van der Waals surface area contributed by atoms with Gasteiger partial charge in [-0.3, -0.25) is 4.79 Å². The van der Waals surface area contributed by atoms with E-state index in [0.717, 1.165) is 0 Å². The van der Waals surface area contributed by atoms with E-state index in [4.69, 9.17) is 18.9 Å². The fourth-order valence-corrected chi connectivity index (χ4v) is 3.62. The molecule has 0 radical (unpaired) electrons. The molecular formula is C22H22O8. The van der Waals surface area contributed by atoms with E-state index in [1.54, 1.807) is 18.2 Å². The average Bonchev–Trinajstić information content (AvgIpc) is 3.05. The third kappa shape index (κ3) is 3.57. The second kappa shape index (κ2) is 8.46. The van der Waals surface area contributed by atoms with Gasteiger partial charge in [0.1, 0.15) is 11.3 Å². The number of ether oxygens (including phenoxy) is 4. The fourth-order valence-electron chi connectivity index (χ4n) is 3.62. The van der Waals surface area contributed by atoms with Crippen LogP contribution in [-0.2, 0) is 4.79 Å². The highest BCUT2D eigenvalue weighted by molar-refractivity contribution is 6.32. The van der Waals surface area contributed by atoms with Crippen molar-refractivity contribution in [2.75, 3.05) is 28.4 Å². The molecule has 2 aromatic rings. The number of allylic oxidation sites excluding steroid dienone is 1. The van der Waals surface area contributed by atoms with Gasteiger partial charge in [0.15, 0.2) is 17.3 Å². The zero-order valence-corrected chi connectivity index (χ0v) is 17.0. The van der Waals surface area contributed by atoms with Crippen molar-refractivity contribution >= 4 is 22.9 Å². The summed E-state index contributed by atoms with van der Waals surface area (Å²) in [6, 6.07) is 7.73. The number of ketones is 1. The summed E-state index contributed by atoms with van der Waals surface area (Å²) in [6.07, 6.45) is -1.20. The van der Waals surface area contributed by atoms with E-state index in [2.05, 4.69) is 0 Å². The number of aromatic carboxylic acids is 1. The van der Waals surface area contributed by atoms with E-state index in [9.17, 15) is 19.8 Å². The Kier molecular flexibility index (Phi) is 5.98. The standard InChI is InChI=1S/C22H22O8/c1-27-16-6-5-11(7-13(16)22(25)26)19-14(23)10-15(24)20(19)12-8-17(28-2)21(30-4)18(9-12)29-3/h5-9,14,23H,10H2,1-4H3,(H,25,26). The van der Waals surface area contributed by atoms with Crippen LogP contribution in [0.15, 0.2) is 30.3 Å². The lowest BCUT2D eigenvalue weighted by atomic mass is 9.94. The third-order valence-electron chi connectivity index (χ3n) is 4.95. The van der Waals surface area contributed by atoms with Crippen molar-refractivity contribution in [2.24, 2.45) is 0 Å². The number of carboxylic acid groups (broad SMARTS) is 1. The minimum Gasteiger partial charge on any atom is -0.496 e. The molecule has 158 valence electrons. The van der Waals surface area contributed by atoms with Gasteiger partial charge in [-0.1, -0.05) is 6.07 Å². The van der Waals surface area contributed by atoms with Crippen LogP contribution in [0.4, 0.5) is 0 Å². The second-order valence-electron chi connectivity index (χ2n) is 6.57. The van der Waals surface area contributed by atoms with Crippen molar-refractivity contribution in [1.82, 2.24) is 0 Å². The molecule has 0 fully saturated rings. The van der Waals surface area contributed by atoms with Gasteiger partial charge in [-0.2, -0.15) is 0 Å². The van der Waals surface area contributed by atoms with Gasteiger partial charge in [-0.15, -0.1) is 0 Å². The van der Waals surface area contributed by atoms with Crippen molar-refractivity contribution < 1.29 is 38.7 Å². The number of carbonyl (C=O) groups excluding carboxylic acids is 1. The number of carbonyl (C=O) groups is 2. The maximum absolute atomic E-state index is 12.8. The molecular weight excluding hydrogens is 392 g/mol. The van der Waals surface area contributed by atoms with Crippen LogP contribution in [0.2, 0.25) is 0 Å². The predicted octanol–water partition coefficient (Wildman–Crippen LogP) is 2.66. The zero-order valence-electron chi connectivity index (χ0n) is 17.0. The van der Waals surface area contributed by atoms with E-state index >= 15 is 0 Å². The molecule has 0 saturated carbocycles. The molecule has 2 N–H and O–H groups in total. The van der Waals surface area contributed by atoms with E-state index < -0.39 is 12.1 Å². The Hall–Kier alpha value is -3.52. The van der Waals surface area contributed by atoms with E-state index in [1.807, 2.05) is 0 Å². The Bertz CT molecular complexity index is 1010. The number of methoxy groups -OCH3 is 4. The van der Waals surface area contributed by atoms with Crippen molar-refractivity contribution in [1.29, 1.82) is 0 Å². The normalized spacial score (nSPS) is 15.9. The van der Waals surface area contributed by atoms with E-state index in [1.165, 1.54) is 40.6 Å². The number of hydrogen-bond donors (Lipinski definition) is 2. The van der Waals surface area contributed by atoms with Crippen LogP contribution in [0.3, 0.4) is 0 Å². The van der Waals surface area contributed by atoms with Crippen molar-refractivity contribution in [3.05, 3.63) is 47.0 Å². The molecule has 8 nitrogen and oxygen atoms in total. The molecule has 1 atom stereocenters. The highest BCUT2D eigenvalue weighted by Crippen LogP contribution is 2.44. The number of aliphatic hydroxyl groups is 1. The maximum Gasteiger partial charge on any atom is 0.339 e. The molecule has 1 aliphatic carbocycles. The van der Waals surface area contributed by atoms with Crippen LogP contribution in [0.25, 0.3) is 11.1 Å². The van der Waals surface area contributed by atoms with Gasteiger partial charge >= 0.3 is 5.97 Å². The summed E-state index contributed by atoms with van der Waals surface area (Å²) in [5.74, 6) is -0.195.